The van der Waals surface area contributed by atoms with E-state index in [2.05, 4.69) is 18.8 Å². The van der Waals surface area contributed by atoms with E-state index in [-0.39, 0.29) is 23.7 Å². The first-order chi connectivity index (χ1) is 13.3. The van der Waals surface area contributed by atoms with Gasteiger partial charge in [-0.2, -0.15) is 4.31 Å². The summed E-state index contributed by atoms with van der Waals surface area (Å²) in [5.41, 5.74) is 1.11. The molecule has 1 aromatic heterocycles. The maximum absolute atomic E-state index is 12.9. The lowest BCUT2D eigenvalue weighted by Gasteiger charge is -2.30. The number of benzene rings is 1. The molecule has 0 amide bonds. The van der Waals surface area contributed by atoms with Crippen LogP contribution in [0.2, 0.25) is 0 Å². The van der Waals surface area contributed by atoms with Crippen molar-refractivity contribution in [1.29, 1.82) is 0 Å². The summed E-state index contributed by atoms with van der Waals surface area (Å²) in [6.07, 6.45) is 2.63. The summed E-state index contributed by atoms with van der Waals surface area (Å²) in [5.74, 6) is 0.792. The summed E-state index contributed by atoms with van der Waals surface area (Å²) in [5, 5.41) is 11.2. The Hall–Kier alpha value is -2.52. The van der Waals surface area contributed by atoms with Crippen LogP contribution >= 0.6 is 0 Å². The lowest BCUT2D eigenvalue weighted by molar-refractivity contribution is -0.411. The van der Waals surface area contributed by atoms with Crippen molar-refractivity contribution in [1.82, 2.24) is 4.31 Å². The van der Waals surface area contributed by atoms with Gasteiger partial charge in [-0.05, 0) is 36.1 Å². The van der Waals surface area contributed by atoms with Gasteiger partial charge in [-0.1, -0.05) is 26.0 Å². The van der Waals surface area contributed by atoms with Crippen LogP contribution in [0.25, 0.3) is 0 Å². The van der Waals surface area contributed by atoms with Gasteiger partial charge in [0.2, 0.25) is 10.0 Å². The third kappa shape index (κ3) is 4.00. The topological polar surface area (TPSA) is 97.9 Å². The van der Waals surface area contributed by atoms with Crippen molar-refractivity contribution < 1.29 is 18.3 Å². The van der Waals surface area contributed by atoms with Crippen LogP contribution in [0, 0.1) is 10.1 Å². The molecule has 1 saturated heterocycles. The second-order valence-electron chi connectivity index (χ2n) is 6.93. The van der Waals surface area contributed by atoms with Gasteiger partial charge in [0.25, 0.3) is 0 Å². The molecule has 1 N–H and O–H groups in total. The van der Waals surface area contributed by atoms with E-state index in [1.54, 1.807) is 24.4 Å². The molecule has 1 atom stereocenters. The lowest BCUT2D eigenvalue weighted by Crippen LogP contribution is -2.50. The van der Waals surface area contributed by atoms with Crippen LogP contribution in [0.1, 0.15) is 31.7 Å². The number of hydrogen-bond acceptors (Lipinski definition) is 5. The fourth-order valence-electron chi connectivity index (χ4n) is 3.32. The second-order valence-corrected chi connectivity index (χ2v) is 8.87. The molecule has 1 fully saturated rings. The van der Waals surface area contributed by atoms with Crippen molar-refractivity contribution >= 4 is 21.5 Å². The first-order valence-corrected chi connectivity index (χ1v) is 10.8. The SMILES string of the molecule is CC[C@H](C)c1ccc(S(=O)(=O)N2CCN(c3[nH+]cccc3[N+](=O)[O-])CC2)cc1. The van der Waals surface area contributed by atoms with Crippen LogP contribution in [0.4, 0.5) is 11.5 Å². The molecule has 3 rings (SSSR count). The maximum Gasteiger partial charge on any atom is 0.357 e. The highest BCUT2D eigenvalue weighted by molar-refractivity contribution is 7.89. The Bertz CT molecular complexity index is 939. The maximum atomic E-state index is 12.9. The van der Waals surface area contributed by atoms with Crippen molar-refractivity contribution in [2.24, 2.45) is 0 Å². The minimum absolute atomic E-state index is 0.0144. The first-order valence-electron chi connectivity index (χ1n) is 9.34. The molecule has 0 saturated carbocycles. The van der Waals surface area contributed by atoms with Gasteiger partial charge >= 0.3 is 11.5 Å². The van der Waals surface area contributed by atoms with E-state index >= 15 is 0 Å². The van der Waals surface area contributed by atoms with Gasteiger partial charge in [-0.15, -0.1) is 0 Å². The number of pyridine rings is 1. The summed E-state index contributed by atoms with van der Waals surface area (Å²) >= 11 is 0. The predicted molar refractivity (Wildman–Crippen MR) is 106 cm³/mol. The highest BCUT2D eigenvalue weighted by atomic mass is 32.2. The monoisotopic (exact) mass is 405 g/mol. The summed E-state index contributed by atoms with van der Waals surface area (Å²) in [6, 6.07) is 10.1. The Morgan fingerprint density at radius 2 is 1.79 bits per heavy atom. The standard InChI is InChI=1S/C19H24N4O4S/c1-3-15(2)16-6-8-17(9-7-16)28(26,27)22-13-11-21(12-14-22)19-18(23(24)25)5-4-10-20-19/h4-10,15H,3,11-14H2,1-2H3/p+1/t15-/m0/s1. The average Bonchev–Trinajstić information content (AvgIpc) is 2.73. The molecule has 0 aliphatic carbocycles. The van der Waals surface area contributed by atoms with Crippen molar-refractivity contribution in [3.8, 4) is 0 Å². The molecular weight excluding hydrogens is 380 g/mol. The van der Waals surface area contributed by atoms with E-state index in [4.69, 9.17) is 0 Å². The number of aromatic amines is 1. The molecule has 9 heteroatoms. The first kappa shape index (κ1) is 20.2. The molecule has 0 radical (unpaired) electrons. The van der Waals surface area contributed by atoms with Crippen molar-refractivity contribution in [2.45, 2.75) is 31.1 Å². The molecule has 1 aromatic carbocycles. The second kappa shape index (κ2) is 8.24. The van der Waals surface area contributed by atoms with Crippen LogP contribution < -0.4 is 9.88 Å². The molecule has 8 nitrogen and oxygen atoms in total. The summed E-state index contributed by atoms with van der Waals surface area (Å²) < 4.78 is 27.3. The van der Waals surface area contributed by atoms with Crippen molar-refractivity contribution in [3.63, 3.8) is 0 Å². The van der Waals surface area contributed by atoms with Gasteiger partial charge in [0, 0.05) is 6.07 Å². The number of nitrogens with one attached hydrogen (secondary N) is 1. The zero-order valence-electron chi connectivity index (χ0n) is 16.0. The quantitative estimate of drug-likeness (QED) is 0.543. The molecular formula is C19H25N4O4S+. The van der Waals surface area contributed by atoms with E-state index in [1.165, 1.54) is 10.4 Å². The van der Waals surface area contributed by atoms with Crippen LogP contribution in [-0.2, 0) is 10.0 Å². The molecule has 0 spiro atoms. The average molecular weight is 406 g/mol. The van der Waals surface area contributed by atoms with Crippen LogP contribution in [0.5, 0.6) is 0 Å². The zero-order chi connectivity index (χ0) is 20.3. The minimum atomic E-state index is -3.58. The van der Waals surface area contributed by atoms with Crippen LogP contribution in [0.3, 0.4) is 0 Å². The number of aromatic nitrogens is 1. The Labute approximate surface area is 165 Å². The molecule has 1 aliphatic heterocycles. The number of hydrogen-bond donors (Lipinski definition) is 0. The summed E-state index contributed by atoms with van der Waals surface area (Å²) in [6.45, 7) is 5.52. The zero-order valence-corrected chi connectivity index (χ0v) is 16.9. The number of rotatable bonds is 6. The lowest BCUT2D eigenvalue weighted by atomic mass is 9.99. The van der Waals surface area contributed by atoms with Gasteiger partial charge in [-0.25, -0.2) is 13.4 Å². The normalized spacial score (nSPS) is 16.7. The fraction of sp³-hybridized carbons (Fsp3) is 0.421. The Kier molecular flexibility index (Phi) is 5.95. The Morgan fingerprint density at radius 3 is 2.36 bits per heavy atom. The van der Waals surface area contributed by atoms with E-state index in [0.29, 0.717) is 24.8 Å². The predicted octanol–water partition coefficient (Wildman–Crippen LogP) is 2.43. The third-order valence-electron chi connectivity index (χ3n) is 5.26. The number of nitrogens with zero attached hydrogens (tertiary/aromatic N) is 3. The summed E-state index contributed by atoms with van der Waals surface area (Å²) in [7, 11) is -3.58. The number of nitro groups is 1. The number of anilines is 1. The summed E-state index contributed by atoms with van der Waals surface area (Å²) in [4.78, 5) is 15.8. The van der Waals surface area contributed by atoms with E-state index in [1.807, 2.05) is 17.0 Å². The van der Waals surface area contributed by atoms with Crippen molar-refractivity contribution in [2.75, 3.05) is 31.1 Å². The number of sulfonamides is 1. The van der Waals surface area contributed by atoms with E-state index < -0.39 is 14.9 Å². The molecule has 1 aliphatic rings. The smallest absolute Gasteiger partial charge is 0.258 e. The molecule has 0 unspecified atom stereocenters. The van der Waals surface area contributed by atoms with Gasteiger partial charge in [-0.3, -0.25) is 15.0 Å². The molecule has 0 bridgehead atoms. The van der Waals surface area contributed by atoms with Gasteiger partial charge in [0.05, 0.1) is 42.2 Å². The largest absolute Gasteiger partial charge is 0.357 e. The van der Waals surface area contributed by atoms with E-state index in [9.17, 15) is 18.5 Å². The number of H-pyrrole nitrogens is 1. The van der Waals surface area contributed by atoms with Gasteiger partial charge < -0.3 is 0 Å². The highest BCUT2D eigenvalue weighted by Gasteiger charge is 2.35. The molecule has 28 heavy (non-hydrogen) atoms. The number of piperazine rings is 1. The Morgan fingerprint density at radius 1 is 1.14 bits per heavy atom. The van der Waals surface area contributed by atoms with Crippen LogP contribution in [-0.4, -0.2) is 43.8 Å². The van der Waals surface area contributed by atoms with Gasteiger partial charge in [0.15, 0.2) is 0 Å². The molecule has 150 valence electrons. The fourth-order valence-corrected chi connectivity index (χ4v) is 4.75. The highest BCUT2D eigenvalue weighted by Crippen LogP contribution is 2.26. The minimum Gasteiger partial charge on any atom is -0.258 e. The van der Waals surface area contributed by atoms with Gasteiger partial charge in [0.1, 0.15) is 0 Å². The molecule has 2 heterocycles. The van der Waals surface area contributed by atoms with E-state index in [0.717, 1.165) is 12.0 Å². The van der Waals surface area contributed by atoms with Crippen molar-refractivity contribution in [3.05, 3.63) is 58.3 Å². The van der Waals surface area contributed by atoms with Crippen LogP contribution in [0.15, 0.2) is 47.5 Å². The molecule has 2 aromatic rings. The Balaban J connectivity index is 1.73. The third-order valence-corrected chi connectivity index (χ3v) is 7.18.